The molecule has 0 radical (unpaired) electrons. The summed E-state index contributed by atoms with van der Waals surface area (Å²) < 4.78 is 13.0. The molecule has 0 fully saturated rings. The third-order valence-corrected chi connectivity index (χ3v) is 7.99. The van der Waals surface area contributed by atoms with Gasteiger partial charge < -0.3 is 10.4 Å². The van der Waals surface area contributed by atoms with E-state index in [9.17, 15) is 19.8 Å². The molecule has 11 heteroatoms. The fourth-order valence-corrected chi connectivity index (χ4v) is 5.16. The number of hydrogen-bond acceptors (Lipinski definition) is 5. The molecular weight excluding hydrogens is 488 g/mol. The number of nitrogens with one attached hydrogen (secondary N) is 2. The van der Waals surface area contributed by atoms with E-state index in [0.717, 1.165) is 21.4 Å². The first-order valence-corrected chi connectivity index (χ1v) is 12.6. The molecule has 3 rings (SSSR count). The number of carbonyl (C=O) groups is 1. The normalized spacial score (nSPS) is 12.6. The van der Waals surface area contributed by atoms with Crippen molar-refractivity contribution in [3.8, 4) is 0 Å². The summed E-state index contributed by atoms with van der Waals surface area (Å²) >= 11 is 12.1. The SMILES string of the molecule is CC(=O)N(CCC(c1ccc(Cl)c(Cl)c1)P(=O)(NO)NO)OCc1ccc2ccccc2c1. The smallest absolute Gasteiger partial charge is 0.262 e. The van der Waals surface area contributed by atoms with Gasteiger partial charge in [-0.15, -0.1) is 10.5 Å². The summed E-state index contributed by atoms with van der Waals surface area (Å²) in [6, 6.07) is 18.4. The third kappa shape index (κ3) is 6.32. The number of nitrogens with zero attached hydrogens (tertiary/aromatic N) is 1. The lowest BCUT2D eigenvalue weighted by Crippen LogP contribution is -2.32. The quantitative estimate of drug-likeness (QED) is 0.204. The molecule has 1 unspecified atom stereocenters. The molecule has 1 amide bonds. The van der Waals surface area contributed by atoms with Crippen LogP contribution in [0.2, 0.25) is 10.0 Å². The van der Waals surface area contributed by atoms with E-state index in [4.69, 9.17) is 28.0 Å². The maximum atomic E-state index is 13.0. The molecule has 0 aliphatic heterocycles. The topological polar surface area (TPSA) is 111 Å². The van der Waals surface area contributed by atoms with Gasteiger partial charge in [0.1, 0.15) is 6.61 Å². The van der Waals surface area contributed by atoms with Crippen LogP contribution in [0.5, 0.6) is 0 Å². The van der Waals surface area contributed by atoms with Crippen LogP contribution in [-0.2, 0) is 20.8 Å². The number of hydrogen-bond donors (Lipinski definition) is 4. The Morgan fingerprint density at radius 3 is 2.36 bits per heavy atom. The van der Waals surface area contributed by atoms with E-state index in [1.54, 1.807) is 16.6 Å². The van der Waals surface area contributed by atoms with Crippen LogP contribution < -0.4 is 10.5 Å². The van der Waals surface area contributed by atoms with Crippen molar-refractivity contribution in [2.24, 2.45) is 0 Å². The molecule has 3 aromatic rings. The summed E-state index contributed by atoms with van der Waals surface area (Å²) in [7, 11) is -3.92. The summed E-state index contributed by atoms with van der Waals surface area (Å²) in [5.41, 5.74) is 0.364. The molecule has 0 saturated heterocycles. The Morgan fingerprint density at radius 2 is 1.73 bits per heavy atom. The molecule has 0 saturated carbocycles. The van der Waals surface area contributed by atoms with E-state index in [-0.39, 0.29) is 30.5 Å². The Kier molecular flexibility index (Phi) is 8.87. The van der Waals surface area contributed by atoms with Crippen molar-refractivity contribution in [3.63, 3.8) is 0 Å². The first-order chi connectivity index (χ1) is 15.8. The van der Waals surface area contributed by atoms with Gasteiger partial charge in [0, 0.05) is 13.5 Å². The zero-order valence-electron chi connectivity index (χ0n) is 17.7. The summed E-state index contributed by atoms with van der Waals surface area (Å²) in [6.45, 7) is 1.53. The van der Waals surface area contributed by atoms with Gasteiger partial charge in [0.2, 0.25) is 5.91 Å². The molecule has 8 nitrogen and oxygen atoms in total. The van der Waals surface area contributed by atoms with Gasteiger partial charge in [0.15, 0.2) is 0 Å². The van der Waals surface area contributed by atoms with E-state index in [1.165, 1.54) is 19.1 Å². The maximum Gasteiger partial charge on any atom is 0.262 e. The van der Waals surface area contributed by atoms with Crippen molar-refractivity contribution in [3.05, 3.63) is 81.8 Å². The zero-order chi connectivity index (χ0) is 24.0. The average Bonchev–Trinajstić information content (AvgIpc) is 2.82. The fourth-order valence-electron chi connectivity index (χ4n) is 3.47. The molecule has 0 aliphatic rings. The second kappa shape index (κ2) is 11.4. The van der Waals surface area contributed by atoms with Crippen LogP contribution in [0.15, 0.2) is 60.7 Å². The van der Waals surface area contributed by atoms with Gasteiger partial charge in [-0.1, -0.05) is 65.7 Å². The average molecular weight is 512 g/mol. The summed E-state index contributed by atoms with van der Waals surface area (Å²) in [6.07, 6.45) is 0.0632. The minimum Gasteiger partial charge on any atom is -0.309 e. The van der Waals surface area contributed by atoms with Gasteiger partial charge in [0.05, 0.1) is 15.7 Å². The van der Waals surface area contributed by atoms with E-state index in [2.05, 4.69) is 0 Å². The van der Waals surface area contributed by atoms with Crippen molar-refractivity contribution in [2.75, 3.05) is 6.54 Å². The molecule has 176 valence electrons. The molecule has 3 aromatic carbocycles. The van der Waals surface area contributed by atoms with Crippen molar-refractivity contribution in [1.82, 2.24) is 15.6 Å². The van der Waals surface area contributed by atoms with Crippen LogP contribution in [0.3, 0.4) is 0 Å². The lowest BCUT2D eigenvalue weighted by molar-refractivity contribution is -0.189. The van der Waals surface area contributed by atoms with Crippen LogP contribution in [-0.4, -0.2) is 27.9 Å². The van der Waals surface area contributed by atoms with Crippen LogP contribution >= 0.6 is 30.6 Å². The van der Waals surface area contributed by atoms with Gasteiger partial charge >= 0.3 is 0 Å². The van der Waals surface area contributed by atoms with Crippen LogP contribution in [0.25, 0.3) is 10.8 Å². The third-order valence-electron chi connectivity index (χ3n) is 5.22. The molecule has 1 atom stereocenters. The number of fused-ring (bicyclic) bond motifs is 1. The van der Waals surface area contributed by atoms with Gasteiger partial charge in [0.25, 0.3) is 7.44 Å². The van der Waals surface area contributed by atoms with E-state index < -0.39 is 13.1 Å². The van der Waals surface area contributed by atoms with Gasteiger partial charge in [-0.05, 0) is 46.5 Å². The van der Waals surface area contributed by atoms with Crippen LogP contribution in [0, 0.1) is 0 Å². The predicted molar refractivity (Wildman–Crippen MR) is 127 cm³/mol. The minimum atomic E-state index is -3.92. The van der Waals surface area contributed by atoms with E-state index in [1.807, 2.05) is 42.5 Å². The Morgan fingerprint density at radius 1 is 1.03 bits per heavy atom. The van der Waals surface area contributed by atoms with Crippen molar-refractivity contribution in [2.45, 2.75) is 25.6 Å². The Bertz CT molecular complexity index is 1170. The largest absolute Gasteiger partial charge is 0.309 e. The highest BCUT2D eigenvalue weighted by Gasteiger charge is 2.35. The van der Waals surface area contributed by atoms with Crippen molar-refractivity contribution in [1.29, 1.82) is 0 Å². The highest BCUT2D eigenvalue weighted by Crippen LogP contribution is 2.53. The first kappa shape index (κ1) is 25.6. The van der Waals surface area contributed by atoms with Crippen LogP contribution in [0.4, 0.5) is 0 Å². The summed E-state index contributed by atoms with van der Waals surface area (Å²) in [4.78, 5) is 17.9. The minimum absolute atomic E-state index is 0.0289. The summed E-state index contributed by atoms with van der Waals surface area (Å²) in [5, 5.41) is 26.0. The molecule has 0 spiro atoms. The lowest BCUT2D eigenvalue weighted by Gasteiger charge is -2.28. The number of amides is 1. The molecule has 0 heterocycles. The number of benzene rings is 3. The molecule has 33 heavy (non-hydrogen) atoms. The van der Waals surface area contributed by atoms with Gasteiger partial charge in [-0.2, -0.15) is 0 Å². The molecular formula is C22H24Cl2N3O5P. The molecule has 0 aliphatic carbocycles. The Hall–Kier alpha value is -2.00. The van der Waals surface area contributed by atoms with E-state index >= 15 is 0 Å². The number of hydroxylamine groups is 2. The molecule has 4 N–H and O–H groups in total. The second-order valence-corrected chi connectivity index (χ2v) is 10.6. The number of rotatable bonds is 10. The first-order valence-electron chi connectivity index (χ1n) is 10.0. The molecule has 0 bridgehead atoms. The second-order valence-electron chi connectivity index (χ2n) is 7.41. The number of carbonyl (C=O) groups excluding carboxylic acids is 1. The Balaban J connectivity index is 1.76. The molecule has 0 aromatic heterocycles. The van der Waals surface area contributed by atoms with Crippen LogP contribution in [0.1, 0.15) is 30.1 Å². The standard InChI is InChI=1S/C22H24Cl2N3O5P/c1-15(28)27(32-14-16-6-7-17-4-2-3-5-18(17)12-16)11-10-22(33(31,25-29)26-30)19-8-9-20(23)21(24)13-19/h2-9,12-13,22,29-30H,10-11,14H2,1H3,(H2,25,26,31). The van der Waals surface area contributed by atoms with Gasteiger partial charge in [-0.25, -0.2) is 5.06 Å². The van der Waals surface area contributed by atoms with Crippen molar-refractivity contribution >= 4 is 47.3 Å². The maximum absolute atomic E-state index is 13.0. The van der Waals surface area contributed by atoms with Crippen molar-refractivity contribution < 1.29 is 24.6 Å². The highest BCUT2D eigenvalue weighted by molar-refractivity contribution is 7.59. The zero-order valence-corrected chi connectivity index (χ0v) is 20.1. The summed E-state index contributed by atoms with van der Waals surface area (Å²) in [5.74, 6) is -0.354. The highest BCUT2D eigenvalue weighted by atomic mass is 35.5. The fraction of sp³-hybridized carbons (Fsp3) is 0.227. The predicted octanol–water partition coefficient (Wildman–Crippen LogP) is 5.71. The monoisotopic (exact) mass is 511 g/mol. The Labute approximate surface area is 201 Å². The van der Waals surface area contributed by atoms with E-state index in [0.29, 0.717) is 10.6 Å². The number of halogens is 2. The van der Waals surface area contributed by atoms with Gasteiger partial charge in [-0.3, -0.25) is 14.2 Å². The lowest BCUT2D eigenvalue weighted by atomic mass is 10.1.